The molecule has 2 aromatic carbocycles. The minimum absolute atomic E-state index is 0.217. The van der Waals surface area contributed by atoms with E-state index < -0.39 is 9.84 Å². The van der Waals surface area contributed by atoms with Gasteiger partial charge in [0.25, 0.3) is 0 Å². The molecule has 0 heterocycles. The number of carbonyl (C=O) groups is 1. The summed E-state index contributed by atoms with van der Waals surface area (Å²) in [4.78, 5) is 12.1. The number of ether oxygens (including phenoxy) is 1. The maximum absolute atomic E-state index is 12.3. The summed E-state index contributed by atoms with van der Waals surface area (Å²) in [5.74, 6) is -0.514. The van der Waals surface area contributed by atoms with Crippen LogP contribution in [0, 0.1) is 12.3 Å². The fraction of sp³-hybridized carbons (Fsp3) is 0.391. The number of aryl methyl sites for hydroxylation is 1. The Hall–Kier alpha value is -2.47. The van der Waals surface area contributed by atoms with Gasteiger partial charge in [-0.1, -0.05) is 55.2 Å². The van der Waals surface area contributed by atoms with Gasteiger partial charge in [0.15, 0.2) is 9.84 Å². The molecule has 0 aliphatic carbocycles. The summed E-state index contributed by atoms with van der Waals surface area (Å²) >= 11 is 0. The number of benzene rings is 2. The van der Waals surface area contributed by atoms with Crippen molar-refractivity contribution in [1.29, 1.82) is 5.41 Å². The first-order valence-electron chi connectivity index (χ1n) is 9.96. The van der Waals surface area contributed by atoms with E-state index >= 15 is 0 Å². The Morgan fingerprint density at radius 2 is 1.52 bits per heavy atom. The van der Waals surface area contributed by atoms with Crippen molar-refractivity contribution in [2.75, 3.05) is 12.4 Å². The molecular weight excluding hydrogens is 386 g/mol. The Morgan fingerprint density at radius 3 is 2.21 bits per heavy atom. The number of rotatable bonds is 12. The first-order chi connectivity index (χ1) is 13.9. The van der Waals surface area contributed by atoms with Crippen LogP contribution in [0.15, 0.2) is 59.5 Å². The summed E-state index contributed by atoms with van der Waals surface area (Å²) in [6.07, 6.45) is 4.94. The Labute approximate surface area is 173 Å². The van der Waals surface area contributed by atoms with Gasteiger partial charge in [-0.2, -0.15) is 0 Å². The maximum Gasteiger partial charge on any atom is 0.338 e. The summed E-state index contributed by atoms with van der Waals surface area (Å²) in [7, 11) is -3.44. The zero-order chi connectivity index (χ0) is 21.1. The van der Waals surface area contributed by atoms with E-state index in [-0.39, 0.29) is 22.3 Å². The number of unbranched alkanes of at least 4 members (excludes halogenated alkanes) is 4. The molecule has 29 heavy (non-hydrogen) atoms. The predicted molar refractivity (Wildman–Crippen MR) is 115 cm³/mol. The van der Waals surface area contributed by atoms with Gasteiger partial charge < -0.3 is 10.1 Å². The molecule has 1 N–H and O–H groups in total. The van der Waals surface area contributed by atoms with Crippen molar-refractivity contribution in [3.05, 3.63) is 65.7 Å². The maximum atomic E-state index is 12.3. The molecule has 0 spiro atoms. The second kappa shape index (κ2) is 11.5. The van der Waals surface area contributed by atoms with E-state index in [9.17, 15) is 13.2 Å². The standard InChI is InChI=1S/C23H29NO4S/c1-19-13-15-22(16-14-19)29(26,27)18-21(24)12-8-3-2-4-9-17-28-23(25)20-10-6-5-7-11-20/h5-7,10-11,13-16,24H,2-4,8-9,12,17-18H2,1H3. The average molecular weight is 416 g/mol. The summed E-state index contributed by atoms with van der Waals surface area (Å²) in [6.45, 7) is 2.31. The van der Waals surface area contributed by atoms with E-state index in [4.69, 9.17) is 10.1 Å². The molecular formula is C23H29NO4S. The molecule has 0 saturated carbocycles. The molecule has 0 radical (unpaired) electrons. The first kappa shape index (κ1) is 22.8. The van der Waals surface area contributed by atoms with Crippen LogP contribution in [0.5, 0.6) is 0 Å². The van der Waals surface area contributed by atoms with Crippen LogP contribution in [0.3, 0.4) is 0 Å². The molecule has 0 atom stereocenters. The van der Waals surface area contributed by atoms with Crippen LogP contribution in [0.25, 0.3) is 0 Å². The Kier molecular flexibility index (Phi) is 9.06. The normalized spacial score (nSPS) is 11.2. The molecule has 0 aliphatic heterocycles. The van der Waals surface area contributed by atoms with E-state index in [2.05, 4.69) is 0 Å². The minimum atomic E-state index is -3.44. The summed E-state index contributed by atoms with van der Waals surface area (Å²) in [5.41, 5.74) is 1.82. The molecule has 156 valence electrons. The monoisotopic (exact) mass is 415 g/mol. The highest BCUT2D eigenvalue weighted by Gasteiger charge is 2.16. The Bertz CT molecular complexity index is 890. The van der Waals surface area contributed by atoms with Crippen LogP contribution in [0.2, 0.25) is 0 Å². The fourth-order valence-electron chi connectivity index (χ4n) is 2.92. The highest BCUT2D eigenvalue weighted by atomic mass is 32.2. The van der Waals surface area contributed by atoms with Gasteiger partial charge in [0.2, 0.25) is 0 Å². The quantitative estimate of drug-likeness (QED) is 0.301. The Morgan fingerprint density at radius 1 is 0.897 bits per heavy atom. The summed E-state index contributed by atoms with van der Waals surface area (Å²) < 4.78 is 29.9. The zero-order valence-corrected chi connectivity index (χ0v) is 17.7. The van der Waals surface area contributed by atoms with Gasteiger partial charge in [0.05, 0.1) is 22.8 Å². The van der Waals surface area contributed by atoms with Crippen LogP contribution >= 0.6 is 0 Å². The van der Waals surface area contributed by atoms with Crippen molar-refractivity contribution in [2.45, 2.75) is 50.3 Å². The van der Waals surface area contributed by atoms with Crippen molar-refractivity contribution >= 4 is 21.5 Å². The minimum Gasteiger partial charge on any atom is -0.462 e. The third kappa shape index (κ3) is 8.20. The van der Waals surface area contributed by atoms with Crippen molar-refractivity contribution in [1.82, 2.24) is 0 Å². The van der Waals surface area contributed by atoms with Gasteiger partial charge in [-0.3, -0.25) is 0 Å². The van der Waals surface area contributed by atoms with E-state index in [0.29, 0.717) is 18.6 Å². The summed E-state index contributed by atoms with van der Waals surface area (Å²) in [6, 6.07) is 15.7. The predicted octanol–water partition coefficient (Wildman–Crippen LogP) is 4.99. The van der Waals surface area contributed by atoms with Gasteiger partial charge in [-0.25, -0.2) is 13.2 Å². The molecule has 5 nitrogen and oxygen atoms in total. The number of carbonyl (C=O) groups excluding carboxylic acids is 1. The smallest absolute Gasteiger partial charge is 0.338 e. The van der Waals surface area contributed by atoms with E-state index in [1.165, 1.54) is 0 Å². The first-order valence-corrected chi connectivity index (χ1v) is 11.6. The van der Waals surface area contributed by atoms with E-state index in [1.54, 1.807) is 48.5 Å². The van der Waals surface area contributed by atoms with Gasteiger partial charge >= 0.3 is 5.97 Å². The number of esters is 1. The second-order valence-corrected chi connectivity index (χ2v) is 9.18. The van der Waals surface area contributed by atoms with Crippen LogP contribution in [0.1, 0.15) is 54.4 Å². The average Bonchev–Trinajstić information content (AvgIpc) is 2.70. The molecule has 0 aliphatic rings. The fourth-order valence-corrected chi connectivity index (χ4v) is 4.24. The number of hydrogen-bond donors (Lipinski definition) is 1. The third-order valence-corrected chi connectivity index (χ3v) is 6.33. The molecule has 0 amide bonds. The van der Waals surface area contributed by atoms with Crippen molar-refractivity contribution < 1.29 is 17.9 Å². The van der Waals surface area contributed by atoms with Crippen molar-refractivity contribution in [3.8, 4) is 0 Å². The summed E-state index contributed by atoms with van der Waals surface area (Å²) in [5, 5.41) is 7.97. The van der Waals surface area contributed by atoms with E-state index in [1.807, 2.05) is 13.0 Å². The van der Waals surface area contributed by atoms with E-state index in [0.717, 1.165) is 37.7 Å². The highest BCUT2D eigenvalue weighted by molar-refractivity contribution is 7.92. The molecule has 6 heteroatoms. The largest absolute Gasteiger partial charge is 0.462 e. The van der Waals surface area contributed by atoms with Crippen LogP contribution in [-0.4, -0.2) is 32.5 Å². The zero-order valence-electron chi connectivity index (χ0n) is 16.9. The molecule has 0 aromatic heterocycles. The van der Waals surface area contributed by atoms with Crippen molar-refractivity contribution in [3.63, 3.8) is 0 Å². The molecule has 2 rings (SSSR count). The molecule has 2 aromatic rings. The third-order valence-electron chi connectivity index (χ3n) is 4.61. The Balaban J connectivity index is 1.55. The van der Waals surface area contributed by atoms with Gasteiger partial charge in [-0.05, 0) is 50.5 Å². The highest BCUT2D eigenvalue weighted by Crippen LogP contribution is 2.14. The molecule has 0 saturated heterocycles. The molecule has 0 fully saturated rings. The second-order valence-electron chi connectivity index (χ2n) is 7.20. The SMILES string of the molecule is Cc1ccc(S(=O)(=O)CC(=N)CCCCCCCOC(=O)c2ccccc2)cc1. The molecule has 0 unspecified atom stereocenters. The number of nitrogens with one attached hydrogen (secondary N) is 1. The van der Waals surface area contributed by atoms with Crippen molar-refractivity contribution in [2.24, 2.45) is 0 Å². The van der Waals surface area contributed by atoms with Gasteiger partial charge in [-0.15, -0.1) is 0 Å². The lowest BCUT2D eigenvalue weighted by Gasteiger charge is -2.07. The lowest BCUT2D eigenvalue weighted by atomic mass is 10.1. The van der Waals surface area contributed by atoms with Crippen LogP contribution < -0.4 is 0 Å². The number of sulfone groups is 1. The number of hydrogen-bond acceptors (Lipinski definition) is 5. The molecule has 0 bridgehead atoms. The van der Waals surface area contributed by atoms with Crippen LogP contribution in [-0.2, 0) is 14.6 Å². The lowest BCUT2D eigenvalue weighted by molar-refractivity contribution is 0.0497. The topological polar surface area (TPSA) is 84.3 Å². The lowest BCUT2D eigenvalue weighted by Crippen LogP contribution is -2.15. The van der Waals surface area contributed by atoms with Crippen LogP contribution in [0.4, 0.5) is 0 Å². The van der Waals surface area contributed by atoms with Gasteiger partial charge in [0, 0.05) is 5.71 Å². The van der Waals surface area contributed by atoms with Gasteiger partial charge in [0.1, 0.15) is 0 Å².